The first kappa shape index (κ1) is 38.4. The Morgan fingerprint density at radius 2 is 1.28 bits per heavy atom. The topological polar surface area (TPSA) is 104 Å². The predicted octanol–water partition coefficient (Wildman–Crippen LogP) is 3.96. The van der Waals surface area contributed by atoms with Crippen molar-refractivity contribution >= 4 is 10.0 Å². The second kappa shape index (κ2) is 17.6. The second-order valence-electron chi connectivity index (χ2n) is 9.38. The van der Waals surface area contributed by atoms with Gasteiger partial charge in [0.25, 0.3) is 0 Å². The molecular formula is C31H35ClF3N3O3RuS. The van der Waals surface area contributed by atoms with Crippen molar-refractivity contribution < 1.29 is 58.2 Å². The van der Waals surface area contributed by atoms with Crippen LogP contribution in [0.3, 0.4) is 0 Å². The number of alkyl halides is 3. The standard InChI is InChI=1S/C31H31F3N2O3S.ClH.H3N.Ru/c1-23-16-18-24(19-17-23)22-39-21-20-35-29(25-10-4-2-5-11-25)30(26-12-6-3-7-13-26)36-40(37,38)28-15-9-8-14-27(28)31(32,33)34;;;/h2-19,29-30,35-36H,20-22H2,1H3;1H;1H3;/t29-,30-;;;/m1.../s1. The van der Waals surface area contributed by atoms with E-state index in [9.17, 15) is 21.6 Å². The van der Waals surface area contributed by atoms with Crippen LogP contribution < -0.4 is 28.6 Å². The third-order valence-electron chi connectivity index (χ3n) is 6.41. The van der Waals surface area contributed by atoms with Gasteiger partial charge >= 0.3 is 6.18 Å². The first-order chi connectivity index (χ1) is 19.1. The van der Waals surface area contributed by atoms with Gasteiger partial charge in [-0.3, -0.25) is 0 Å². The van der Waals surface area contributed by atoms with Crippen LogP contribution in [0.2, 0.25) is 0 Å². The number of hydrogen-bond donors (Lipinski definition) is 3. The molecule has 0 spiro atoms. The summed E-state index contributed by atoms with van der Waals surface area (Å²) in [7, 11) is -4.59. The fraction of sp³-hybridized carbons (Fsp3) is 0.226. The summed E-state index contributed by atoms with van der Waals surface area (Å²) in [5, 5.41) is 3.37. The third-order valence-corrected chi connectivity index (χ3v) is 7.91. The van der Waals surface area contributed by atoms with Gasteiger partial charge in [0.15, 0.2) is 0 Å². The molecule has 0 aliphatic carbocycles. The Balaban J connectivity index is 0.00000308. The molecule has 0 amide bonds. The monoisotopic (exact) mass is 723 g/mol. The van der Waals surface area contributed by atoms with Gasteiger partial charge in [-0.15, -0.1) is 0 Å². The number of aryl methyl sites for hydroxylation is 1. The Kier molecular flexibility index (Phi) is 15.7. The number of hydrogen-bond acceptors (Lipinski definition) is 4. The van der Waals surface area contributed by atoms with Gasteiger partial charge < -0.3 is 28.6 Å². The summed E-state index contributed by atoms with van der Waals surface area (Å²) < 4.78 is 76.6. The van der Waals surface area contributed by atoms with Crippen molar-refractivity contribution in [3.05, 3.63) is 137 Å². The van der Waals surface area contributed by atoms with E-state index in [-0.39, 0.29) is 38.0 Å². The minimum Gasteiger partial charge on any atom is -1.00 e. The SMILES string of the molecule is Cc1ccc(COCCN[C@H](c2ccccc2)[C@H](NS(=O)(=O)c2ccccc2C(F)(F)F)c2ccccc2)cc1.[Cl-].[NH4+].[Ru]. The van der Waals surface area contributed by atoms with Crippen LogP contribution in [-0.2, 0) is 47.0 Å². The fourth-order valence-corrected chi connectivity index (χ4v) is 5.87. The molecule has 0 bridgehead atoms. The Hall–Kier alpha value is -2.63. The molecule has 6 nitrogen and oxygen atoms in total. The van der Waals surface area contributed by atoms with E-state index in [0.29, 0.717) is 25.3 Å². The minimum absolute atomic E-state index is 0. The van der Waals surface area contributed by atoms with E-state index in [1.165, 1.54) is 12.1 Å². The Morgan fingerprint density at radius 3 is 1.84 bits per heavy atom. The maximum atomic E-state index is 13.7. The van der Waals surface area contributed by atoms with Crippen molar-refractivity contribution in [2.45, 2.75) is 36.7 Å². The molecule has 4 rings (SSSR count). The van der Waals surface area contributed by atoms with Crippen LogP contribution in [0.15, 0.2) is 114 Å². The number of quaternary nitrogens is 1. The molecule has 0 aliphatic heterocycles. The maximum Gasteiger partial charge on any atom is 0.417 e. The van der Waals surface area contributed by atoms with Crippen molar-refractivity contribution in [3.63, 3.8) is 0 Å². The quantitative estimate of drug-likeness (QED) is 0.152. The molecule has 0 radical (unpaired) electrons. The predicted molar refractivity (Wildman–Crippen MR) is 155 cm³/mol. The van der Waals surface area contributed by atoms with Crippen molar-refractivity contribution in [2.75, 3.05) is 13.2 Å². The van der Waals surface area contributed by atoms with E-state index < -0.39 is 38.7 Å². The zero-order chi connectivity index (χ0) is 28.6. The minimum atomic E-state index is -4.83. The molecule has 0 fully saturated rings. The van der Waals surface area contributed by atoms with Crippen LogP contribution in [0, 0.1) is 6.92 Å². The van der Waals surface area contributed by atoms with E-state index in [1.807, 2.05) is 61.5 Å². The number of benzene rings is 4. The normalized spacial score (nSPS) is 12.7. The zero-order valence-corrected chi connectivity index (χ0v) is 27.0. The maximum absolute atomic E-state index is 13.7. The van der Waals surface area contributed by atoms with Crippen LogP contribution in [0.1, 0.15) is 39.9 Å². The van der Waals surface area contributed by atoms with Gasteiger partial charge in [-0.1, -0.05) is 103 Å². The molecule has 4 aromatic rings. The smallest absolute Gasteiger partial charge is 0.417 e. The van der Waals surface area contributed by atoms with E-state index in [0.717, 1.165) is 28.8 Å². The van der Waals surface area contributed by atoms with Gasteiger partial charge in [0.2, 0.25) is 10.0 Å². The van der Waals surface area contributed by atoms with Crippen molar-refractivity contribution in [2.24, 2.45) is 0 Å². The fourth-order valence-electron chi connectivity index (χ4n) is 4.40. The molecule has 0 unspecified atom stereocenters. The number of sulfonamides is 1. The molecule has 12 heteroatoms. The first-order valence-electron chi connectivity index (χ1n) is 12.8. The second-order valence-corrected chi connectivity index (χ2v) is 11.1. The van der Waals surface area contributed by atoms with Crippen LogP contribution in [0.25, 0.3) is 0 Å². The Labute approximate surface area is 270 Å². The van der Waals surface area contributed by atoms with E-state index in [1.54, 1.807) is 30.3 Å². The van der Waals surface area contributed by atoms with Crippen molar-refractivity contribution in [1.29, 1.82) is 0 Å². The average Bonchev–Trinajstić information content (AvgIpc) is 2.95. The average molecular weight is 723 g/mol. The van der Waals surface area contributed by atoms with E-state index in [2.05, 4.69) is 10.0 Å². The summed E-state index contributed by atoms with van der Waals surface area (Å²) in [6.07, 6.45) is -4.83. The van der Waals surface area contributed by atoms with E-state index >= 15 is 0 Å². The molecule has 0 saturated heterocycles. The largest absolute Gasteiger partial charge is 1.00 e. The summed E-state index contributed by atoms with van der Waals surface area (Å²) in [6.45, 7) is 3.14. The van der Waals surface area contributed by atoms with Crippen LogP contribution >= 0.6 is 0 Å². The number of ether oxygens (including phenoxy) is 1. The summed E-state index contributed by atoms with van der Waals surface area (Å²) in [6, 6.07) is 28.6. The van der Waals surface area contributed by atoms with Crippen molar-refractivity contribution in [1.82, 2.24) is 16.2 Å². The third kappa shape index (κ3) is 10.8. The Morgan fingerprint density at radius 1 is 0.767 bits per heavy atom. The van der Waals surface area contributed by atoms with Crippen molar-refractivity contribution in [3.8, 4) is 0 Å². The van der Waals surface area contributed by atoms with Gasteiger partial charge in [0.05, 0.1) is 35.8 Å². The van der Waals surface area contributed by atoms with E-state index in [4.69, 9.17) is 4.74 Å². The molecule has 6 N–H and O–H groups in total. The van der Waals surface area contributed by atoms with Gasteiger partial charge in [-0.05, 0) is 35.7 Å². The molecule has 43 heavy (non-hydrogen) atoms. The van der Waals surface area contributed by atoms with Crippen LogP contribution in [0.4, 0.5) is 13.2 Å². The van der Waals surface area contributed by atoms with Gasteiger partial charge in [0, 0.05) is 26.0 Å². The zero-order valence-electron chi connectivity index (χ0n) is 23.7. The summed E-state index contributed by atoms with van der Waals surface area (Å²) >= 11 is 0. The molecule has 4 aromatic carbocycles. The number of nitrogens with one attached hydrogen (secondary N) is 2. The van der Waals surface area contributed by atoms with Crippen LogP contribution in [-0.4, -0.2) is 21.6 Å². The first-order valence-corrected chi connectivity index (χ1v) is 14.3. The Bertz CT molecular complexity index is 1480. The van der Waals surface area contributed by atoms with Gasteiger partial charge in [-0.2, -0.15) is 13.2 Å². The molecular weight excluding hydrogens is 688 g/mol. The molecule has 0 aromatic heterocycles. The molecule has 2 atom stereocenters. The molecule has 0 heterocycles. The van der Waals surface area contributed by atoms with Gasteiger partial charge in [0.1, 0.15) is 0 Å². The molecule has 0 aliphatic rings. The number of rotatable bonds is 12. The summed E-state index contributed by atoms with van der Waals surface area (Å²) in [4.78, 5) is -0.823. The van der Waals surface area contributed by atoms with Gasteiger partial charge in [-0.25, -0.2) is 13.1 Å². The summed E-state index contributed by atoms with van der Waals surface area (Å²) in [5.41, 5.74) is 2.33. The summed E-state index contributed by atoms with van der Waals surface area (Å²) in [5.74, 6) is 0. The number of halogens is 4. The van der Waals surface area contributed by atoms with Crippen LogP contribution in [0.5, 0.6) is 0 Å². The molecule has 234 valence electrons. The molecule has 0 saturated carbocycles.